The Morgan fingerprint density at radius 3 is 1.32 bits per heavy atom. The van der Waals surface area contributed by atoms with Crippen molar-refractivity contribution in [1.82, 2.24) is 0 Å². The van der Waals surface area contributed by atoms with Crippen LogP contribution in [0.15, 0.2) is 273 Å². The molecular weight excluding hydrogens is 903 g/mol. The summed E-state index contributed by atoms with van der Waals surface area (Å²) in [5.74, 6) is 0. The van der Waals surface area contributed by atoms with E-state index in [9.17, 15) is 0 Å². The molecule has 0 bridgehead atoms. The number of fused-ring (bicyclic) bond motifs is 12. The molecule has 0 saturated carbocycles. The van der Waals surface area contributed by atoms with Crippen LogP contribution < -0.4 is 5.73 Å². The maximum atomic E-state index is 5.54. The first-order valence-electron chi connectivity index (χ1n) is 26.4. The Balaban J connectivity index is 0.000000225. The predicted octanol–water partition coefficient (Wildman–Crippen LogP) is 17.8. The molecule has 11 aromatic carbocycles. The van der Waals surface area contributed by atoms with E-state index in [1.807, 2.05) is 36.4 Å². The van der Waals surface area contributed by atoms with E-state index in [1.165, 1.54) is 117 Å². The van der Waals surface area contributed by atoms with E-state index >= 15 is 0 Å². The van der Waals surface area contributed by atoms with Crippen LogP contribution in [0, 0.1) is 13.8 Å². The molecule has 0 atom stereocenters. The van der Waals surface area contributed by atoms with E-state index in [1.54, 1.807) is 0 Å². The van der Waals surface area contributed by atoms with Crippen molar-refractivity contribution in [3.63, 3.8) is 0 Å². The molecule has 0 radical (unpaired) electrons. The SMILES string of the molecule is Cc1cccc2c1-c1cc(-c3ccc4c(c3)C(c3ccccc3)(c3ccccc3)c3ccccc3-4)ccc1C21c2ccccc2C(C)(C)c2ccccc21.Cc1ccccc1.NCc1ccc(-c2ccccc2)cc1. The summed E-state index contributed by atoms with van der Waals surface area (Å²) in [7, 11) is 0. The summed E-state index contributed by atoms with van der Waals surface area (Å²) in [6.07, 6.45) is 0. The number of benzene rings is 11. The molecule has 1 nitrogen and oxygen atoms in total. The van der Waals surface area contributed by atoms with Crippen LogP contribution in [0.1, 0.15) is 86.2 Å². The van der Waals surface area contributed by atoms with Crippen molar-refractivity contribution in [2.24, 2.45) is 5.73 Å². The molecule has 3 aliphatic rings. The molecule has 3 aliphatic carbocycles. The standard InChI is InChI=1S/C54H40.C13H13N.C7H8/c1-35-17-16-28-49-51(35)42-33-36(30-32-44(42)54(49)47-26-14-12-24-45(47)52(2,3)46-25-13-15-27-48(46)54)37-29-31-41-40-22-10-11-23-43(40)53(50(41)34-37,38-18-6-4-7-19-38)39-20-8-5-9-21-39;14-10-11-6-8-13(9-7-11)12-4-2-1-3-5-12;1-7-5-3-2-4-6-7/h4-34H,1-3H3;1-9H,10,14H2;2-6H,1H3. The van der Waals surface area contributed by atoms with Crippen LogP contribution in [-0.2, 0) is 22.8 Å². The van der Waals surface area contributed by atoms with Crippen molar-refractivity contribution in [3.05, 3.63) is 345 Å². The highest BCUT2D eigenvalue weighted by Gasteiger charge is 2.53. The second-order valence-electron chi connectivity index (χ2n) is 20.9. The highest BCUT2D eigenvalue weighted by atomic mass is 14.6. The van der Waals surface area contributed by atoms with Gasteiger partial charge < -0.3 is 5.73 Å². The van der Waals surface area contributed by atoms with Crippen LogP contribution in [0.2, 0.25) is 0 Å². The second-order valence-corrected chi connectivity index (χ2v) is 20.9. The Hall–Kier alpha value is -8.62. The summed E-state index contributed by atoms with van der Waals surface area (Å²) >= 11 is 0. The maximum Gasteiger partial charge on any atom is 0.0719 e. The molecule has 1 spiro atoms. The minimum absolute atomic E-state index is 0.114. The Morgan fingerprint density at radius 2 is 0.747 bits per heavy atom. The molecule has 1 heteroatoms. The zero-order chi connectivity index (χ0) is 51.2. The van der Waals surface area contributed by atoms with E-state index in [-0.39, 0.29) is 5.41 Å². The largest absolute Gasteiger partial charge is 0.326 e. The zero-order valence-corrected chi connectivity index (χ0v) is 43.3. The van der Waals surface area contributed by atoms with E-state index < -0.39 is 10.8 Å². The van der Waals surface area contributed by atoms with Gasteiger partial charge in [-0.05, 0) is 137 Å². The van der Waals surface area contributed by atoms with Gasteiger partial charge in [-0.2, -0.15) is 0 Å². The molecule has 362 valence electrons. The minimum atomic E-state index is -0.434. The van der Waals surface area contributed by atoms with Gasteiger partial charge in [0, 0.05) is 12.0 Å². The first-order valence-corrected chi connectivity index (χ1v) is 26.4. The lowest BCUT2D eigenvalue weighted by atomic mass is 9.55. The molecule has 0 amide bonds. The van der Waals surface area contributed by atoms with Crippen molar-refractivity contribution >= 4 is 0 Å². The Labute approximate surface area is 443 Å². The van der Waals surface area contributed by atoms with Gasteiger partial charge in [0.15, 0.2) is 0 Å². The maximum absolute atomic E-state index is 5.54. The average Bonchev–Trinajstić information content (AvgIpc) is 4.07. The topological polar surface area (TPSA) is 26.0 Å². The molecule has 14 rings (SSSR count). The molecule has 0 saturated heterocycles. The first kappa shape index (κ1) is 47.4. The third-order valence-electron chi connectivity index (χ3n) is 16.4. The summed E-state index contributed by atoms with van der Waals surface area (Å²) in [6, 6.07) is 100. The molecule has 0 unspecified atom stereocenters. The van der Waals surface area contributed by atoms with Crippen LogP contribution in [0.4, 0.5) is 0 Å². The smallest absolute Gasteiger partial charge is 0.0719 e. The van der Waals surface area contributed by atoms with Crippen molar-refractivity contribution in [1.29, 1.82) is 0 Å². The molecule has 0 aromatic heterocycles. The van der Waals surface area contributed by atoms with E-state index in [0.717, 1.165) is 0 Å². The molecule has 11 aromatic rings. The van der Waals surface area contributed by atoms with Crippen LogP contribution >= 0.6 is 0 Å². The van der Waals surface area contributed by atoms with E-state index in [4.69, 9.17) is 5.73 Å². The number of nitrogens with two attached hydrogens (primary N) is 1. The fourth-order valence-electron chi connectivity index (χ4n) is 12.9. The lowest BCUT2D eigenvalue weighted by Gasteiger charge is -2.46. The van der Waals surface area contributed by atoms with Gasteiger partial charge in [0.2, 0.25) is 0 Å². The van der Waals surface area contributed by atoms with Gasteiger partial charge in [0.25, 0.3) is 0 Å². The number of hydrogen-bond donors (Lipinski definition) is 1. The molecular formula is C74H61N. The van der Waals surface area contributed by atoms with E-state index in [0.29, 0.717) is 6.54 Å². The van der Waals surface area contributed by atoms with Gasteiger partial charge in [-0.15, -0.1) is 0 Å². The number of aryl methyl sites for hydroxylation is 2. The normalized spacial score (nSPS) is 14.0. The Morgan fingerprint density at radius 1 is 0.307 bits per heavy atom. The van der Waals surface area contributed by atoms with Crippen LogP contribution in [0.3, 0.4) is 0 Å². The van der Waals surface area contributed by atoms with Crippen LogP contribution in [-0.4, -0.2) is 0 Å². The molecule has 0 fully saturated rings. The molecule has 0 aliphatic heterocycles. The quantitative estimate of drug-likeness (QED) is 0.183. The van der Waals surface area contributed by atoms with Crippen molar-refractivity contribution in [2.45, 2.75) is 50.5 Å². The molecule has 2 N–H and O–H groups in total. The molecule has 0 heterocycles. The van der Waals surface area contributed by atoms with Gasteiger partial charge in [0.1, 0.15) is 0 Å². The fraction of sp³-hybridized carbons (Fsp3) is 0.108. The zero-order valence-electron chi connectivity index (χ0n) is 43.3. The lowest BCUT2D eigenvalue weighted by molar-refractivity contribution is 0.563. The molecule has 75 heavy (non-hydrogen) atoms. The third-order valence-corrected chi connectivity index (χ3v) is 16.4. The van der Waals surface area contributed by atoms with Gasteiger partial charge >= 0.3 is 0 Å². The van der Waals surface area contributed by atoms with Gasteiger partial charge in [-0.3, -0.25) is 0 Å². The lowest BCUT2D eigenvalue weighted by Crippen LogP contribution is -2.40. The van der Waals surface area contributed by atoms with Crippen LogP contribution in [0.5, 0.6) is 0 Å². The third kappa shape index (κ3) is 7.73. The summed E-state index contributed by atoms with van der Waals surface area (Å²) in [6.45, 7) is 9.77. The summed E-state index contributed by atoms with van der Waals surface area (Å²) in [5, 5.41) is 0. The summed E-state index contributed by atoms with van der Waals surface area (Å²) < 4.78 is 0. The van der Waals surface area contributed by atoms with Gasteiger partial charge in [-0.25, -0.2) is 0 Å². The number of rotatable bonds is 5. The van der Waals surface area contributed by atoms with Crippen molar-refractivity contribution in [3.8, 4) is 44.5 Å². The van der Waals surface area contributed by atoms with Crippen molar-refractivity contribution < 1.29 is 0 Å². The second kappa shape index (κ2) is 19.3. The first-order chi connectivity index (χ1) is 36.8. The van der Waals surface area contributed by atoms with Crippen molar-refractivity contribution in [2.75, 3.05) is 0 Å². The number of hydrogen-bond acceptors (Lipinski definition) is 1. The summed E-state index contributed by atoms with van der Waals surface area (Å²) in [4.78, 5) is 0. The highest BCUT2D eigenvalue weighted by Crippen LogP contribution is 2.63. The highest BCUT2D eigenvalue weighted by molar-refractivity contribution is 5.93. The Kier molecular flexibility index (Phi) is 12.2. The predicted molar refractivity (Wildman–Crippen MR) is 314 cm³/mol. The summed E-state index contributed by atoms with van der Waals surface area (Å²) in [5.41, 5.74) is 32.3. The monoisotopic (exact) mass is 963 g/mol. The van der Waals surface area contributed by atoms with Crippen LogP contribution in [0.25, 0.3) is 44.5 Å². The van der Waals surface area contributed by atoms with Gasteiger partial charge in [0.05, 0.1) is 10.8 Å². The fourth-order valence-corrected chi connectivity index (χ4v) is 12.9. The van der Waals surface area contributed by atoms with Gasteiger partial charge in [-0.1, -0.05) is 280 Å². The minimum Gasteiger partial charge on any atom is -0.326 e. The van der Waals surface area contributed by atoms with E-state index in [2.05, 4.69) is 264 Å². The Bertz CT molecular complexity index is 3740. The average molecular weight is 964 g/mol.